The number of rotatable bonds is 4. The van der Waals surface area contributed by atoms with Crippen molar-refractivity contribution in [3.63, 3.8) is 0 Å². The van der Waals surface area contributed by atoms with Crippen LogP contribution in [-0.4, -0.2) is 5.91 Å². The number of ether oxygens (including phenoxy) is 1. The van der Waals surface area contributed by atoms with E-state index in [4.69, 9.17) is 10.5 Å². The Morgan fingerprint density at radius 2 is 1.78 bits per heavy atom. The van der Waals surface area contributed by atoms with Gasteiger partial charge in [-0.1, -0.05) is 25.1 Å². The summed E-state index contributed by atoms with van der Waals surface area (Å²) in [6.07, 6.45) is 0.912. The molecule has 0 saturated carbocycles. The van der Waals surface area contributed by atoms with Gasteiger partial charge in [-0.3, -0.25) is 4.79 Å². The maximum atomic E-state index is 11.0. The number of hydrogen-bond donors (Lipinski definition) is 1. The summed E-state index contributed by atoms with van der Waals surface area (Å²) in [5.41, 5.74) is 6.81. The molecule has 0 aliphatic rings. The quantitative estimate of drug-likeness (QED) is 0.894. The molecular formula is C15H15NO2. The molecule has 3 heteroatoms. The Morgan fingerprint density at radius 3 is 2.39 bits per heavy atom. The van der Waals surface area contributed by atoms with Gasteiger partial charge < -0.3 is 10.5 Å². The van der Waals surface area contributed by atoms with Gasteiger partial charge in [-0.2, -0.15) is 0 Å². The lowest BCUT2D eigenvalue weighted by atomic mass is 10.1. The minimum absolute atomic E-state index is 0.435. The van der Waals surface area contributed by atoms with Gasteiger partial charge in [-0.15, -0.1) is 0 Å². The predicted molar refractivity (Wildman–Crippen MR) is 70.9 cm³/mol. The Bertz CT molecular complexity index is 547. The summed E-state index contributed by atoms with van der Waals surface area (Å²) in [6.45, 7) is 2.08. The van der Waals surface area contributed by atoms with Crippen LogP contribution in [0.4, 0.5) is 0 Å². The number of amides is 1. The zero-order chi connectivity index (χ0) is 13.0. The smallest absolute Gasteiger partial charge is 0.248 e. The molecule has 2 N–H and O–H groups in total. The highest BCUT2D eigenvalue weighted by atomic mass is 16.5. The lowest BCUT2D eigenvalue weighted by Gasteiger charge is -2.09. The monoisotopic (exact) mass is 241 g/mol. The van der Waals surface area contributed by atoms with E-state index in [2.05, 4.69) is 6.92 Å². The van der Waals surface area contributed by atoms with Gasteiger partial charge in [0.05, 0.1) is 0 Å². The van der Waals surface area contributed by atoms with Crippen molar-refractivity contribution in [2.75, 3.05) is 0 Å². The molecule has 2 aromatic rings. The summed E-state index contributed by atoms with van der Waals surface area (Å²) in [5.74, 6) is 1.10. The molecule has 3 nitrogen and oxygen atoms in total. The van der Waals surface area contributed by atoms with Gasteiger partial charge in [-0.25, -0.2) is 0 Å². The average Bonchev–Trinajstić information content (AvgIpc) is 2.40. The fourth-order valence-corrected chi connectivity index (χ4v) is 1.71. The van der Waals surface area contributed by atoms with Crippen molar-refractivity contribution in [3.8, 4) is 11.5 Å². The minimum atomic E-state index is -0.435. The normalized spacial score (nSPS) is 10.1. The van der Waals surface area contributed by atoms with Crippen molar-refractivity contribution in [3.05, 3.63) is 59.7 Å². The second-order valence-electron chi connectivity index (χ2n) is 3.95. The van der Waals surface area contributed by atoms with Gasteiger partial charge in [0.2, 0.25) is 5.91 Å². The Hall–Kier alpha value is -2.29. The molecule has 0 fully saturated rings. The van der Waals surface area contributed by atoms with E-state index in [1.54, 1.807) is 24.3 Å². The molecule has 0 aliphatic heterocycles. The topological polar surface area (TPSA) is 52.3 Å². The Morgan fingerprint density at radius 1 is 1.11 bits per heavy atom. The number of benzene rings is 2. The molecule has 0 saturated heterocycles. The molecule has 0 aliphatic carbocycles. The number of nitrogens with two attached hydrogens (primary N) is 1. The number of hydrogen-bond acceptors (Lipinski definition) is 2. The summed E-state index contributed by atoms with van der Waals surface area (Å²) >= 11 is 0. The first kappa shape index (κ1) is 12.2. The first-order valence-electron chi connectivity index (χ1n) is 5.86. The Labute approximate surface area is 106 Å². The molecule has 0 bridgehead atoms. The van der Waals surface area contributed by atoms with Crippen LogP contribution in [0.25, 0.3) is 0 Å². The lowest BCUT2D eigenvalue weighted by molar-refractivity contribution is 0.100. The van der Waals surface area contributed by atoms with Crippen LogP contribution < -0.4 is 10.5 Å². The van der Waals surface area contributed by atoms with Gasteiger partial charge in [0.15, 0.2) is 0 Å². The van der Waals surface area contributed by atoms with E-state index < -0.39 is 5.91 Å². The van der Waals surface area contributed by atoms with E-state index >= 15 is 0 Å². The van der Waals surface area contributed by atoms with E-state index in [1.165, 1.54) is 0 Å². The van der Waals surface area contributed by atoms with E-state index in [9.17, 15) is 4.79 Å². The number of carbonyl (C=O) groups excluding carboxylic acids is 1. The molecule has 18 heavy (non-hydrogen) atoms. The second kappa shape index (κ2) is 5.36. The number of primary amides is 1. The predicted octanol–water partition coefficient (Wildman–Crippen LogP) is 3.14. The van der Waals surface area contributed by atoms with Gasteiger partial charge in [0, 0.05) is 5.56 Å². The molecule has 2 aromatic carbocycles. The second-order valence-corrected chi connectivity index (χ2v) is 3.95. The highest BCUT2D eigenvalue weighted by molar-refractivity contribution is 5.92. The van der Waals surface area contributed by atoms with Crippen molar-refractivity contribution >= 4 is 5.91 Å². The van der Waals surface area contributed by atoms with Crippen molar-refractivity contribution in [1.82, 2.24) is 0 Å². The number of aryl methyl sites for hydroxylation is 1. The lowest BCUT2D eigenvalue weighted by Crippen LogP contribution is -2.10. The van der Waals surface area contributed by atoms with Crippen molar-refractivity contribution in [2.24, 2.45) is 5.73 Å². The highest BCUT2D eigenvalue weighted by Gasteiger charge is 2.04. The summed E-state index contributed by atoms with van der Waals surface area (Å²) in [7, 11) is 0. The minimum Gasteiger partial charge on any atom is -0.457 e. The van der Waals surface area contributed by atoms with Gasteiger partial charge >= 0.3 is 0 Å². The largest absolute Gasteiger partial charge is 0.457 e. The first-order valence-corrected chi connectivity index (χ1v) is 5.86. The van der Waals surface area contributed by atoms with Crippen LogP contribution in [0.2, 0.25) is 0 Å². The SMILES string of the molecule is CCc1ccccc1Oc1ccc(C(N)=O)cc1. The standard InChI is InChI=1S/C15H15NO2/c1-2-11-5-3-4-6-14(11)18-13-9-7-12(8-10-13)15(16)17/h3-10H,2H2,1H3,(H2,16,17). The molecule has 2 rings (SSSR count). The van der Waals surface area contributed by atoms with Crippen LogP contribution in [0.5, 0.6) is 11.5 Å². The van der Waals surface area contributed by atoms with Gasteiger partial charge in [0.1, 0.15) is 11.5 Å². The third-order valence-corrected chi connectivity index (χ3v) is 2.72. The van der Waals surface area contributed by atoms with Crippen molar-refractivity contribution in [2.45, 2.75) is 13.3 Å². The maximum Gasteiger partial charge on any atom is 0.248 e. The molecule has 0 radical (unpaired) electrons. The number of carbonyl (C=O) groups is 1. The summed E-state index contributed by atoms with van der Waals surface area (Å²) in [4.78, 5) is 11.0. The molecule has 0 aromatic heterocycles. The fraction of sp³-hybridized carbons (Fsp3) is 0.133. The summed E-state index contributed by atoms with van der Waals surface area (Å²) < 4.78 is 5.78. The van der Waals surface area contributed by atoms with E-state index in [1.807, 2.05) is 24.3 Å². The zero-order valence-corrected chi connectivity index (χ0v) is 10.2. The first-order chi connectivity index (χ1) is 8.70. The van der Waals surface area contributed by atoms with Crippen molar-refractivity contribution < 1.29 is 9.53 Å². The molecule has 0 spiro atoms. The Kier molecular flexibility index (Phi) is 3.63. The van der Waals surface area contributed by atoms with Crippen LogP contribution in [0.1, 0.15) is 22.8 Å². The molecule has 92 valence electrons. The third kappa shape index (κ3) is 2.69. The van der Waals surface area contributed by atoms with Crippen LogP contribution in [-0.2, 0) is 6.42 Å². The van der Waals surface area contributed by atoms with Crippen LogP contribution in [0.15, 0.2) is 48.5 Å². The molecule has 0 unspecified atom stereocenters. The average molecular weight is 241 g/mol. The zero-order valence-electron chi connectivity index (χ0n) is 10.2. The van der Waals surface area contributed by atoms with Crippen LogP contribution in [0, 0.1) is 0 Å². The summed E-state index contributed by atoms with van der Waals surface area (Å²) in [5, 5.41) is 0. The van der Waals surface area contributed by atoms with Crippen molar-refractivity contribution in [1.29, 1.82) is 0 Å². The highest BCUT2D eigenvalue weighted by Crippen LogP contribution is 2.25. The summed E-state index contributed by atoms with van der Waals surface area (Å²) in [6, 6.07) is 14.7. The molecular weight excluding hydrogens is 226 g/mol. The van der Waals surface area contributed by atoms with Gasteiger partial charge in [0.25, 0.3) is 0 Å². The fourth-order valence-electron chi connectivity index (χ4n) is 1.71. The number of para-hydroxylation sites is 1. The van der Waals surface area contributed by atoms with Crippen LogP contribution in [0.3, 0.4) is 0 Å². The maximum absolute atomic E-state index is 11.0. The Balaban J connectivity index is 2.21. The molecule has 0 heterocycles. The molecule has 0 atom stereocenters. The van der Waals surface area contributed by atoms with Crippen LogP contribution >= 0.6 is 0 Å². The third-order valence-electron chi connectivity index (χ3n) is 2.72. The van der Waals surface area contributed by atoms with E-state index in [0.717, 1.165) is 17.7 Å². The van der Waals surface area contributed by atoms with Gasteiger partial charge in [-0.05, 0) is 42.3 Å². The van der Waals surface area contributed by atoms with E-state index in [0.29, 0.717) is 11.3 Å². The molecule has 1 amide bonds. The van der Waals surface area contributed by atoms with E-state index in [-0.39, 0.29) is 0 Å².